The second kappa shape index (κ2) is 9.81. The van der Waals surface area contributed by atoms with E-state index in [2.05, 4.69) is 41.6 Å². The number of H-pyrrole nitrogens is 1. The highest BCUT2D eigenvalue weighted by Gasteiger charge is 2.20. The minimum Gasteiger partial charge on any atom is -0.507 e. The predicted molar refractivity (Wildman–Crippen MR) is 108 cm³/mol. The number of nitrogens with zero attached hydrogens (tertiary/aromatic N) is 4. The molecule has 1 aromatic heterocycles. The molecule has 3 N–H and O–H groups in total. The van der Waals surface area contributed by atoms with E-state index in [9.17, 15) is 14.7 Å². The lowest BCUT2D eigenvalue weighted by Gasteiger charge is -2.15. The number of carbonyl (C=O) groups is 1. The Morgan fingerprint density at radius 2 is 1.93 bits per heavy atom. The van der Waals surface area contributed by atoms with Gasteiger partial charge in [0.15, 0.2) is 0 Å². The van der Waals surface area contributed by atoms with Crippen molar-refractivity contribution in [3.63, 3.8) is 0 Å². The number of hydrogen-bond donors (Lipinski definition) is 3. The maximum absolute atomic E-state index is 11.9. The third-order valence-corrected chi connectivity index (χ3v) is 3.48. The van der Waals surface area contributed by atoms with Crippen LogP contribution in [0.15, 0.2) is 32.6 Å². The Labute approximate surface area is 165 Å². The maximum Gasteiger partial charge on any atom is 0.274 e. The Morgan fingerprint density at radius 3 is 2.44 bits per heavy atom. The third kappa shape index (κ3) is 7.57. The smallest absolute Gasteiger partial charge is 0.274 e. The molecule has 0 saturated heterocycles. The van der Waals surface area contributed by atoms with Crippen LogP contribution < -0.4 is 11.0 Å². The van der Waals surface area contributed by atoms with Crippen molar-refractivity contribution in [1.29, 1.82) is 0 Å². The van der Waals surface area contributed by atoms with Crippen molar-refractivity contribution in [2.75, 3.05) is 19.5 Å². The molecule has 146 valence electrons. The fraction of sp³-hybridized carbons (Fsp3) is 0.353. The van der Waals surface area contributed by atoms with E-state index in [4.69, 9.17) is 0 Å². The number of hydrazone groups is 1. The van der Waals surface area contributed by atoms with Gasteiger partial charge in [-0.1, -0.05) is 36.7 Å². The summed E-state index contributed by atoms with van der Waals surface area (Å²) in [4.78, 5) is 25.4. The number of benzene rings is 1. The first-order valence-corrected chi connectivity index (χ1v) is 8.70. The second-order valence-electron chi connectivity index (χ2n) is 6.74. The zero-order valence-electron chi connectivity index (χ0n) is 15.8. The van der Waals surface area contributed by atoms with Crippen LogP contribution in [0.25, 0.3) is 0 Å². The minimum absolute atomic E-state index is 0.0939. The van der Waals surface area contributed by atoms with E-state index in [1.54, 1.807) is 32.3 Å². The summed E-state index contributed by atoms with van der Waals surface area (Å²) >= 11 is 3.31. The highest BCUT2D eigenvalue weighted by Crippen LogP contribution is 2.20. The molecule has 0 aliphatic carbocycles. The Hall–Kier alpha value is -2.75. The highest BCUT2D eigenvalue weighted by atomic mass is 79.9. The van der Waals surface area contributed by atoms with Crippen LogP contribution in [0.4, 0.5) is 5.95 Å². The van der Waals surface area contributed by atoms with E-state index in [0.717, 1.165) is 10.9 Å². The molecule has 1 heterocycles. The molecule has 0 unspecified atom stereocenters. The van der Waals surface area contributed by atoms with Crippen molar-refractivity contribution in [1.82, 2.24) is 20.1 Å². The first-order chi connectivity index (χ1) is 12.5. The molecule has 0 fully saturated rings. The number of amides is 1. The minimum atomic E-state index is -0.384. The van der Waals surface area contributed by atoms with Crippen molar-refractivity contribution in [3.05, 3.63) is 44.3 Å². The molecule has 0 saturated carbocycles. The van der Waals surface area contributed by atoms with E-state index >= 15 is 0 Å². The monoisotopic (exact) mass is 438 g/mol. The molecule has 0 aliphatic rings. The highest BCUT2D eigenvalue weighted by molar-refractivity contribution is 9.10. The SMILES string of the molecule is CC(C)(C)c1nnc(N/N=C/c2cc(Br)ccc2O)[nH]c1=O.CN(C)C=O. The van der Waals surface area contributed by atoms with E-state index in [1.165, 1.54) is 11.1 Å². The van der Waals surface area contributed by atoms with Crippen LogP contribution in [0.2, 0.25) is 0 Å². The predicted octanol–water partition coefficient (Wildman–Crippen LogP) is 2.08. The van der Waals surface area contributed by atoms with Gasteiger partial charge in [0.1, 0.15) is 11.4 Å². The number of phenolic OH excluding ortho intramolecular Hbond substituents is 1. The number of aromatic hydroxyl groups is 1. The lowest BCUT2D eigenvalue weighted by atomic mass is 9.93. The van der Waals surface area contributed by atoms with Gasteiger partial charge in [-0.3, -0.25) is 14.6 Å². The Kier molecular flexibility index (Phi) is 8.10. The van der Waals surface area contributed by atoms with E-state index < -0.39 is 0 Å². The van der Waals surface area contributed by atoms with E-state index in [1.807, 2.05) is 20.8 Å². The molecule has 27 heavy (non-hydrogen) atoms. The van der Waals surface area contributed by atoms with Crippen LogP contribution in [-0.4, -0.2) is 51.9 Å². The first kappa shape index (κ1) is 22.3. The normalized spacial score (nSPS) is 10.9. The van der Waals surface area contributed by atoms with E-state index in [-0.39, 0.29) is 22.7 Å². The van der Waals surface area contributed by atoms with Crippen molar-refractivity contribution in [2.24, 2.45) is 5.10 Å². The molecule has 9 nitrogen and oxygen atoms in total. The van der Waals surface area contributed by atoms with Crippen molar-refractivity contribution in [2.45, 2.75) is 26.2 Å². The summed E-state index contributed by atoms with van der Waals surface area (Å²) in [6.45, 7) is 5.65. The zero-order valence-corrected chi connectivity index (χ0v) is 17.4. The molecular weight excluding hydrogens is 416 g/mol. The molecular formula is C17H23BrN6O3. The van der Waals surface area contributed by atoms with Crippen LogP contribution in [0.5, 0.6) is 5.75 Å². The quantitative estimate of drug-likeness (QED) is 0.381. The van der Waals surface area contributed by atoms with Crippen LogP contribution in [0, 0.1) is 0 Å². The van der Waals surface area contributed by atoms with Gasteiger partial charge in [0.05, 0.1) is 6.21 Å². The van der Waals surface area contributed by atoms with Crippen LogP contribution in [0.3, 0.4) is 0 Å². The third-order valence-electron chi connectivity index (χ3n) is 2.98. The fourth-order valence-electron chi connectivity index (χ4n) is 1.67. The summed E-state index contributed by atoms with van der Waals surface area (Å²) in [5.74, 6) is 0.222. The molecule has 0 atom stereocenters. The summed E-state index contributed by atoms with van der Waals surface area (Å²) < 4.78 is 0.814. The molecule has 1 amide bonds. The van der Waals surface area contributed by atoms with Gasteiger partial charge in [-0.05, 0) is 18.2 Å². The van der Waals surface area contributed by atoms with Gasteiger partial charge >= 0.3 is 0 Å². The van der Waals surface area contributed by atoms with Gasteiger partial charge in [0.2, 0.25) is 12.4 Å². The Balaban J connectivity index is 0.000000646. The molecule has 10 heteroatoms. The molecule has 2 rings (SSSR count). The van der Waals surface area contributed by atoms with Crippen LogP contribution in [-0.2, 0) is 10.2 Å². The zero-order chi connectivity index (χ0) is 20.6. The van der Waals surface area contributed by atoms with Crippen molar-refractivity contribution < 1.29 is 9.90 Å². The van der Waals surface area contributed by atoms with Crippen LogP contribution >= 0.6 is 15.9 Å². The lowest BCUT2D eigenvalue weighted by Crippen LogP contribution is -2.28. The fourth-order valence-corrected chi connectivity index (χ4v) is 2.05. The van der Waals surface area contributed by atoms with Gasteiger partial charge in [-0.15, -0.1) is 10.2 Å². The molecule has 1 aromatic carbocycles. The number of aromatic amines is 1. The van der Waals surface area contributed by atoms with Crippen LogP contribution in [0.1, 0.15) is 32.0 Å². The average molecular weight is 439 g/mol. The first-order valence-electron chi connectivity index (χ1n) is 7.91. The van der Waals surface area contributed by atoms with Gasteiger partial charge in [0.25, 0.3) is 5.56 Å². The molecule has 0 bridgehead atoms. The van der Waals surface area contributed by atoms with Crippen molar-refractivity contribution >= 4 is 34.5 Å². The largest absolute Gasteiger partial charge is 0.507 e. The summed E-state index contributed by atoms with van der Waals surface area (Å²) in [5, 5.41) is 21.4. The van der Waals surface area contributed by atoms with Crippen molar-refractivity contribution in [3.8, 4) is 5.75 Å². The summed E-state index contributed by atoms with van der Waals surface area (Å²) in [6.07, 6.45) is 2.16. The van der Waals surface area contributed by atoms with Gasteiger partial charge < -0.3 is 10.0 Å². The number of rotatable bonds is 4. The summed E-state index contributed by atoms with van der Waals surface area (Å²) in [7, 11) is 3.38. The van der Waals surface area contributed by atoms with Gasteiger partial charge in [-0.25, -0.2) is 5.43 Å². The number of carbonyl (C=O) groups excluding carboxylic acids is 1. The average Bonchev–Trinajstić information content (AvgIpc) is 2.57. The van der Waals surface area contributed by atoms with Gasteiger partial charge in [-0.2, -0.15) is 5.10 Å². The molecule has 2 aromatic rings. The van der Waals surface area contributed by atoms with Gasteiger partial charge in [0, 0.05) is 29.5 Å². The summed E-state index contributed by atoms with van der Waals surface area (Å²) in [6, 6.07) is 4.97. The molecule has 0 aliphatic heterocycles. The number of nitrogens with one attached hydrogen (secondary N) is 2. The Morgan fingerprint density at radius 1 is 1.30 bits per heavy atom. The number of halogens is 1. The lowest BCUT2D eigenvalue weighted by molar-refractivity contribution is -0.115. The Bertz CT molecular complexity index is 858. The number of hydrogen-bond acceptors (Lipinski definition) is 7. The molecule has 0 spiro atoms. The topological polar surface area (TPSA) is 124 Å². The number of anilines is 1. The van der Waals surface area contributed by atoms with E-state index in [0.29, 0.717) is 11.3 Å². The standard InChI is InChI=1S/C14H16BrN5O2.C3H7NO/c1-14(2,3)11-12(22)17-13(20-18-11)19-16-7-8-6-9(15)4-5-10(8)21;1-4(2)3-5/h4-7,21H,1-3H3,(H2,17,19,20,22);3H,1-2H3/b16-7+;. The second-order valence-corrected chi connectivity index (χ2v) is 7.66. The maximum atomic E-state index is 11.9. The molecule has 0 radical (unpaired) electrons. The number of phenols is 1. The number of aromatic nitrogens is 3. The summed E-state index contributed by atoms with van der Waals surface area (Å²) in [5.41, 5.74) is 2.74.